The summed E-state index contributed by atoms with van der Waals surface area (Å²) in [6, 6.07) is 0.336. The third kappa shape index (κ3) is 6.39. The highest BCUT2D eigenvalue weighted by Crippen LogP contribution is 2.27. The number of aliphatic hydroxyl groups is 1. The fourth-order valence-corrected chi connectivity index (χ4v) is 2.91. The predicted octanol–water partition coefficient (Wildman–Crippen LogP) is 1.91. The minimum atomic E-state index is 0.0593. The van der Waals surface area contributed by atoms with E-state index in [0.29, 0.717) is 24.9 Å². The lowest BCUT2D eigenvalue weighted by atomic mass is 9.83. The maximum absolute atomic E-state index is 12.1. The number of amides is 1. The smallest absolute Gasteiger partial charge is 0.222 e. The molecule has 0 aromatic carbocycles. The molecule has 0 aromatic rings. The minimum Gasteiger partial charge on any atom is -0.395 e. The van der Waals surface area contributed by atoms with Crippen molar-refractivity contribution in [1.82, 2.24) is 4.90 Å². The van der Waals surface area contributed by atoms with Crippen LogP contribution in [0.5, 0.6) is 0 Å². The second-order valence-electron chi connectivity index (χ2n) is 5.79. The van der Waals surface area contributed by atoms with Crippen LogP contribution in [0.3, 0.4) is 0 Å². The highest BCUT2D eigenvalue weighted by atomic mass is 16.3. The van der Waals surface area contributed by atoms with Crippen LogP contribution < -0.4 is 5.73 Å². The lowest BCUT2D eigenvalue weighted by Gasteiger charge is -2.27. The van der Waals surface area contributed by atoms with Crippen molar-refractivity contribution in [2.24, 2.45) is 11.7 Å². The first-order valence-electron chi connectivity index (χ1n) is 7.81. The van der Waals surface area contributed by atoms with Crippen LogP contribution >= 0.6 is 0 Å². The van der Waals surface area contributed by atoms with Crippen molar-refractivity contribution in [2.45, 2.75) is 64.3 Å². The maximum Gasteiger partial charge on any atom is 0.222 e. The number of aliphatic hydroxyl groups excluding tert-OH is 1. The fraction of sp³-hybridized carbons (Fsp3) is 0.933. The van der Waals surface area contributed by atoms with E-state index in [1.165, 1.54) is 12.8 Å². The van der Waals surface area contributed by atoms with E-state index in [9.17, 15) is 4.79 Å². The monoisotopic (exact) mass is 270 g/mol. The topological polar surface area (TPSA) is 66.6 Å². The van der Waals surface area contributed by atoms with Crippen molar-refractivity contribution < 1.29 is 9.90 Å². The Morgan fingerprint density at radius 2 is 2.16 bits per heavy atom. The van der Waals surface area contributed by atoms with E-state index in [0.717, 1.165) is 38.6 Å². The van der Waals surface area contributed by atoms with Crippen molar-refractivity contribution >= 4 is 5.91 Å². The molecule has 3 N–H and O–H groups in total. The third-order valence-corrected chi connectivity index (χ3v) is 4.09. The van der Waals surface area contributed by atoms with E-state index in [-0.39, 0.29) is 12.5 Å². The van der Waals surface area contributed by atoms with Gasteiger partial charge in [0.25, 0.3) is 0 Å². The lowest BCUT2D eigenvalue weighted by molar-refractivity contribution is -0.132. The normalized spacial score (nSPS) is 23.3. The summed E-state index contributed by atoms with van der Waals surface area (Å²) in [5.41, 5.74) is 5.98. The summed E-state index contributed by atoms with van der Waals surface area (Å²) in [4.78, 5) is 14.0. The van der Waals surface area contributed by atoms with Gasteiger partial charge in [0.2, 0.25) is 5.91 Å². The summed E-state index contributed by atoms with van der Waals surface area (Å²) in [7, 11) is 0. The molecule has 1 amide bonds. The molecule has 0 saturated heterocycles. The summed E-state index contributed by atoms with van der Waals surface area (Å²) in [5.74, 6) is 0.816. The van der Waals surface area contributed by atoms with Crippen molar-refractivity contribution in [3.63, 3.8) is 0 Å². The van der Waals surface area contributed by atoms with Crippen LogP contribution in [0, 0.1) is 5.92 Å². The Labute approximate surface area is 117 Å². The molecule has 1 fully saturated rings. The van der Waals surface area contributed by atoms with Gasteiger partial charge in [0, 0.05) is 25.6 Å². The van der Waals surface area contributed by atoms with Gasteiger partial charge in [0.05, 0.1) is 6.61 Å². The summed E-state index contributed by atoms with van der Waals surface area (Å²) < 4.78 is 0. The lowest BCUT2D eigenvalue weighted by Crippen LogP contribution is -2.35. The Balaban J connectivity index is 2.30. The Kier molecular flexibility index (Phi) is 8.07. The van der Waals surface area contributed by atoms with Gasteiger partial charge in [-0.15, -0.1) is 0 Å². The molecule has 2 unspecified atom stereocenters. The van der Waals surface area contributed by atoms with Crippen LogP contribution in [0.1, 0.15) is 58.3 Å². The van der Waals surface area contributed by atoms with Crippen LogP contribution in [0.15, 0.2) is 0 Å². The molecule has 0 heterocycles. The van der Waals surface area contributed by atoms with Crippen LogP contribution in [0.25, 0.3) is 0 Å². The first-order valence-corrected chi connectivity index (χ1v) is 7.81. The molecular weight excluding hydrogens is 240 g/mol. The van der Waals surface area contributed by atoms with Gasteiger partial charge in [0.1, 0.15) is 0 Å². The first-order chi connectivity index (χ1) is 9.17. The van der Waals surface area contributed by atoms with Crippen molar-refractivity contribution in [2.75, 3.05) is 19.7 Å². The highest BCUT2D eigenvalue weighted by molar-refractivity contribution is 5.76. The average molecular weight is 270 g/mol. The van der Waals surface area contributed by atoms with E-state index in [1.807, 2.05) is 4.90 Å². The molecular formula is C15H30N2O2. The molecule has 4 nitrogen and oxygen atoms in total. The molecule has 112 valence electrons. The zero-order valence-electron chi connectivity index (χ0n) is 12.3. The zero-order valence-corrected chi connectivity index (χ0v) is 12.3. The van der Waals surface area contributed by atoms with E-state index >= 15 is 0 Å². The van der Waals surface area contributed by atoms with Gasteiger partial charge in [-0.1, -0.05) is 26.2 Å². The molecule has 1 rings (SSSR count). The molecule has 0 aromatic heterocycles. The standard InChI is InChI=1S/C15H30N2O2/c1-2-3-9-17(10-11-18)15(19)8-7-13-5-4-6-14(16)12-13/h13-14,18H,2-12,16H2,1H3. The molecule has 2 atom stereocenters. The molecule has 0 bridgehead atoms. The van der Waals surface area contributed by atoms with Crippen LogP contribution in [-0.2, 0) is 4.79 Å². The third-order valence-electron chi connectivity index (χ3n) is 4.09. The van der Waals surface area contributed by atoms with Gasteiger partial charge < -0.3 is 15.7 Å². The Morgan fingerprint density at radius 3 is 2.79 bits per heavy atom. The Morgan fingerprint density at radius 1 is 1.37 bits per heavy atom. The van der Waals surface area contributed by atoms with E-state index in [1.54, 1.807) is 0 Å². The van der Waals surface area contributed by atoms with Crippen LogP contribution in [-0.4, -0.2) is 41.7 Å². The number of nitrogens with two attached hydrogens (primary N) is 1. The highest BCUT2D eigenvalue weighted by Gasteiger charge is 2.21. The number of hydrogen-bond donors (Lipinski definition) is 2. The van der Waals surface area contributed by atoms with Crippen molar-refractivity contribution in [1.29, 1.82) is 0 Å². The van der Waals surface area contributed by atoms with Gasteiger partial charge in [-0.25, -0.2) is 0 Å². The van der Waals surface area contributed by atoms with Gasteiger partial charge in [-0.2, -0.15) is 0 Å². The predicted molar refractivity (Wildman–Crippen MR) is 77.7 cm³/mol. The van der Waals surface area contributed by atoms with Gasteiger partial charge in [0.15, 0.2) is 0 Å². The largest absolute Gasteiger partial charge is 0.395 e. The van der Waals surface area contributed by atoms with Gasteiger partial charge >= 0.3 is 0 Å². The fourth-order valence-electron chi connectivity index (χ4n) is 2.91. The number of unbranched alkanes of at least 4 members (excludes halogenated alkanes) is 1. The SMILES string of the molecule is CCCCN(CCO)C(=O)CCC1CCCC(N)C1. The average Bonchev–Trinajstić information content (AvgIpc) is 2.41. The minimum absolute atomic E-state index is 0.0593. The maximum atomic E-state index is 12.1. The molecule has 1 saturated carbocycles. The van der Waals surface area contributed by atoms with E-state index < -0.39 is 0 Å². The van der Waals surface area contributed by atoms with E-state index in [2.05, 4.69) is 6.92 Å². The Bertz CT molecular complexity index is 259. The number of rotatable bonds is 8. The summed E-state index contributed by atoms with van der Waals surface area (Å²) in [6.45, 7) is 3.43. The number of hydrogen-bond acceptors (Lipinski definition) is 3. The second kappa shape index (κ2) is 9.32. The van der Waals surface area contributed by atoms with Crippen molar-refractivity contribution in [3.8, 4) is 0 Å². The number of carbonyl (C=O) groups excluding carboxylic acids is 1. The number of carbonyl (C=O) groups is 1. The van der Waals surface area contributed by atoms with Gasteiger partial charge in [-0.05, 0) is 31.6 Å². The van der Waals surface area contributed by atoms with E-state index in [4.69, 9.17) is 10.8 Å². The van der Waals surface area contributed by atoms with Crippen molar-refractivity contribution in [3.05, 3.63) is 0 Å². The summed E-state index contributed by atoms with van der Waals surface area (Å²) in [5, 5.41) is 9.03. The van der Waals surface area contributed by atoms with Crippen LogP contribution in [0.4, 0.5) is 0 Å². The van der Waals surface area contributed by atoms with Crippen LogP contribution in [0.2, 0.25) is 0 Å². The first kappa shape index (κ1) is 16.4. The molecule has 1 aliphatic carbocycles. The molecule has 1 aliphatic rings. The zero-order chi connectivity index (χ0) is 14.1. The summed E-state index contributed by atoms with van der Waals surface area (Å²) >= 11 is 0. The quantitative estimate of drug-likeness (QED) is 0.708. The van der Waals surface area contributed by atoms with Gasteiger partial charge in [-0.3, -0.25) is 4.79 Å². The summed E-state index contributed by atoms with van der Waals surface area (Å²) in [6.07, 6.45) is 8.29. The second-order valence-corrected chi connectivity index (χ2v) is 5.79. The molecule has 0 spiro atoms. The molecule has 0 radical (unpaired) electrons. The molecule has 4 heteroatoms. The molecule has 19 heavy (non-hydrogen) atoms. The number of nitrogens with zero attached hydrogens (tertiary/aromatic N) is 1. The Hall–Kier alpha value is -0.610. The molecule has 0 aliphatic heterocycles.